The van der Waals surface area contributed by atoms with Crippen molar-refractivity contribution in [2.24, 2.45) is 5.92 Å². The maximum Gasteiger partial charge on any atom is 0.115 e. The predicted molar refractivity (Wildman–Crippen MR) is 48.1 cm³/mol. The zero-order valence-corrected chi connectivity index (χ0v) is 7.77. The second kappa shape index (κ2) is 4.62. The minimum Gasteiger partial charge on any atom is -0.550 e. The molecule has 1 rings (SSSR count). The molecule has 14 heavy (non-hydrogen) atoms. The predicted octanol–water partition coefficient (Wildman–Crippen LogP) is -1.46. The van der Waals surface area contributed by atoms with Gasteiger partial charge >= 0.3 is 0 Å². The molecule has 1 aromatic rings. The summed E-state index contributed by atoms with van der Waals surface area (Å²) in [6.45, 7) is 0.290. The van der Waals surface area contributed by atoms with Crippen LogP contribution in [0.25, 0.3) is 0 Å². The summed E-state index contributed by atoms with van der Waals surface area (Å²) in [7, 11) is 0. The average Bonchev–Trinajstić information content (AvgIpc) is 2.14. The van der Waals surface area contributed by atoms with Crippen molar-refractivity contribution >= 4 is 5.97 Å². The lowest BCUT2D eigenvalue weighted by atomic mass is 9.99. The van der Waals surface area contributed by atoms with E-state index >= 15 is 0 Å². The maximum absolute atomic E-state index is 10.6. The van der Waals surface area contributed by atoms with Crippen LogP contribution in [0.3, 0.4) is 0 Å². The summed E-state index contributed by atoms with van der Waals surface area (Å²) in [6.07, 6.45) is 0.347. The molecule has 0 bridgehead atoms. The lowest BCUT2D eigenvalue weighted by Gasteiger charge is -2.13. The van der Waals surface area contributed by atoms with Crippen molar-refractivity contribution in [3.05, 3.63) is 29.8 Å². The Kier molecular flexibility index (Phi) is 3.48. The summed E-state index contributed by atoms with van der Waals surface area (Å²) in [5.74, 6) is -1.54. The fourth-order valence-corrected chi connectivity index (χ4v) is 1.27. The molecule has 0 saturated heterocycles. The molecule has 0 heterocycles. The van der Waals surface area contributed by atoms with Gasteiger partial charge in [0.25, 0.3) is 0 Å². The molecule has 4 N–H and O–H groups in total. The number of phenolic OH excluding ortho intramolecular Hbond substituents is 1. The quantitative estimate of drug-likeness (QED) is 0.615. The number of quaternary nitrogens is 1. The van der Waals surface area contributed by atoms with E-state index in [1.54, 1.807) is 24.3 Å². The van der Waals surface area contributed by atoms with E-state index in [1.807, 2.05) is 0 Å². The highest BCUT2D eigenvalue weighted by atomic mass is 16.4. The summed E-state index contributed by atoms with van der Waals surface area (Å²) in [6, 6.07) is 6.54. The van der Waals surface area contributed by atoms with E-state index < -0.39 is 11.9 Å². The number of rotatable bonds is 4. The van der Waals surface area contributed by atoms with Crippen LogP contribution in [0, 0.1) is 5.92 Å². The standard InChI is InChI=1S/C10H13NO3/c11-6-8(10(13)14)4-7-2-1-3-9(12)5-7/h1-3,5,8,12H,4,6,11H2,(H,13,14)/t8-/m1/s1. The van der Waals surface area contributed by atoms with Crippen molar-refractivity contribution < 1.29 is 20.7 Å². The number of aliphatic carboxylic acids is 1. The van der Waals surface area contributed by atoms with Crippen molar-refractivity contribution in [2.45, 2.75) is 6.42 Å². The summed E-state index contributed by atoms with van der Waals surface area (Å²) < 4.78 is 0. The first-order valence-corrected chi connectivity index (χ1v) is 4.41. The number of carboxylic acids is 1. The van der Waals surface area contributed by atoms with E-state index in [-0.39, 0.29) is 12.3 Å². The molecule has 0 spiro atoms. The largest absolute Gasteiger partial charge is 0.550 e. The van der Waals surface area contributed by atoms with Crippen LogP contribution >= 0.6 is 0 Å². The van der Waals surface area contributed by atoms with Gasteiger partial charge in [-0.25, -0.2) is 0 Å². The highest BCUT2D eigenvalue weighted by Crippen LogP contribution is 2.14. The molecule has 76 valence electrons. The minimum absolute atomic E-state index is 0.142. The van der Waals surface area contributed by atoms with Crippen molar-refractivity contribution in [2.75, 3.05) is 6.54 Å². The van der Waals surface area contributed by atoms with E-state index in [9.17, 15) is 9.90 Å². The lowest BCUT2D eigenvalue weighted by Crippen LogP contribution is -2.57. The summed E-state index contributed by atoms with van der Waals surface area (Å²) >= 11 is 0. The Balaban J connectivity index is 2.72. The average molecular weight is 195 g/mol. The Bertz CT molecular complexity index is 325. The number of benzene rings is 1. The van der Waals surface area contributed by atoms with Gasteiger partial charge in [0.15, 0.2) is 0 Å². The maximum atomic E-state index is 10.6. The second-order valence-electron chi connectivity index (χ2n) is 3.18. The summed E-state index contributed by atoms with van der Waals surface area (Å²) in [4.78, 5) is 10.6. The molecule has 0 aromatic heterocycles. The van der Waals surface area contributed by atoms with E-state index in [4.69, 9.17) is 5.11 Å². The summed E-state index contributed by atoms with van der Waals surface area (Å²) in [5, 5.41) is 19.8. The lowest BCUT2D eigenvalue weighted by molar-refractivity contribution is -0.387. The zero-order chi connectivity index (χ0) is 10.6. The smallest absolute Gasteiger partial charge is 0.115 e. The molecular weight excluding hydrogens is 182 g/mol. The molecule has 0 aliphatic rings. The fourth-order valence-electron chi connectivity index (χ4n) is 1.27. The number of phenols is 1. The van der Waals surface area contributed by atoms with E-state index in [2.05, 4.69) is 5.73 Å². The first-order chi connectivity index (χ1) is 6.63. The Morgan fingerprint density at radius 3 is 2.79 bits per heavy atom. The van der Waals surface area contributed by atoms with Crippen molar-refractivity contribution in [1.29, 1.82) is 0 Å². The third-order valence-electron chi connectivity index (χ3n) is 2.07. The monoisotopic (exact) mass is 195 g/mol. The molecule has 0 radical (unpaired) electrons. The van der Waals surface area contributed by atoms with Crippen LogP contribution in [0.2, 0.25) is 0 Å². The van der Waals surface area contributed by atoms with Crippen LogP contribution in [0.15, 0.2) is 24.3 Å². The molecule has 4 heteroatoms. The molecular formula is C10H13NO3. The van der Waals surface area contributed by atoms with Crippen molar-refractivity contribution in [1.82, 2.24) is 0 Å². The molecule has 4 nitrogen and oxygen atoms in total. The van der Waals surface area contributed by atoms with E-state index in [0.717, 1.165) is 5.56 Å². The third-order valence-corrected chi connectivity index (χ3v) is 2.07. The van der Waals surface area contributed by atoms with Gasteiger partial charge in [-0.2, -0.15) is 0 Å². The molecule has 0 saturated carbocycles. The minimum atomic E-state index is -1.09. The topological polar surface area (TPSA) is 88.0 Å². The highest BCUT2D eigenvalue weighted by molar-refractivity contribution is 5.68. The van der Waals surface area contributed by atoms with Crippen LogP contribution < -0.4 is 10.8 Å². The first-order valence-electron chi connectivity index (χ1n) is 4.41. The van der Waals surface area contributed by atoms with Crippen LogP contribution in [0.4, 0.5) is 0 Å². The third kappa shape index (κ3) is 2.74. The number of aromatic hydroxyl groups is 1. The Morgan fingerprint density at radius 2 is 2.29 bits per heavy atom. The molecule has 1 aromatic carbocycles. The van der Waals surface area contributed by atoms with Crippen LogP contribution in [0.1, 0.15) is 5.56 Å². The van der Waals surface area contributed by atoms with Gasteiger partial charge in [0, 0.05) is 0 Å². The van der Waals surface area contributed by atoms with Crippen molar-refractivity contribution in [3.63, 3.8) is 0 Å². The van der Waals surface area contributed by atoms with Gasteiger partial charge in [0.2, 0.25) is 0 Å². The SMILES string of the molecule is [NH3+]C[C@@H](Cc1cccc(O)c1)C(=O)[O-]. The van der Waals surface area contributed by atoms with E-state index in [1.165, 1.54) is 0 Å². The molecule has 0 fully saturated rings. The van der Waals surface area contributed by atoms with Gasteiger partial charge in [-0.3, -0.25) is 0 Å². The van der Waals surface area contributed by atoms with E-state index in [0.29, 0.717) is 6.42 Å². The number of hydrogen-bond donors (Lipinski definition) is 2. The van der Waals surface area contributed by atoms with Crippen LogP contribution in [-0.4, -0.2) is 17.6 Å². The van der Waals surface area contributed by atoms with Gasteiger partial charge in [-0.15, -0.1) is 0 Å². The molecule has 0 aliphatic carbocycles. The number of carboxylic acid groups (broad SMARTS) is 1. The number of carbonyl (C=O) groups is 1. The van der Waals surface area contributed by atoms with Gasteiger partial charge < -0.3 is 20.7 Å². The molecule has 0 unspecified atom stereocenters. The highest BCUT2D eigenvalue weighted by Gasteiger charge is 2.10. The van der Waals surface area contributed by atoms with Crippen molar-refractivity contribution in [3.8, 4) is 5.75 Å². The second-order valence-corrected chi connectivity index (χ2v) is 3.18. The first kappa shape index (κ1) is 10.5. The normalized spacial score (nSPS) is 12.4. The van der Waals surface area contributed by atoms with Gasteiger partial charge in [-0.1, -0.05) is 12.1 Å². The Labute approximate surface area is 82.0 Å². The number of carbonyl (C=O) groups excluding carboxylic acids is 1. The van der Waals surface area contributed by atoms with Crippen LogP contribution in [-0.2, 0) is 11.2 Å². The zero-order valence-electron chi connectivity index (χ0n) is 7.77. The van der Waals surface area contributed by atoms with Gasteiger partial charge in [0.05, 0.1) is 18.4 Å². The fraction of sp³-hybridized carbons (Fsp3) is 0.300. The van der Waals surface area contributed by atoms with Crippen LogP contribution in [0.5, 0.6) is 5.75 Å². The molecule has 0 amide bonds. The van der Waals surface area contributed by atoms with Gasteiger partial charge in [0.1, 0.15) is 5.75 Å². The molecule has 0 aliphatic heterocycles. The Morgan fingerprint density at radius 1 is 1.57 bits per heavy atom. The van der Waals surface area contributed by atoms with Gasteiger partial charge in [-0.05, 0) is 24.1 Å². The number of hydrogen-bond acceptors (Lipinski definition) is 3. The Hall–Kier alpha value is -1.55. The summed E-state index contributed by atoms with van der Waals surface area (Å²) in [5.41, 5.74) is 4.32. The molecule has 1 atom stereocenters.